The van der Waals surface area contributed by atoms with Gasteiger partial charge in [0.1, 0.15) is 0 Å². The average Bonchev–Trinajstić information content (AvgIpc) is 2.68. The number of nitrogens with two attached hydrogens (primary N) is 1. The summed E-state index contributed by atoms with van der Waals surface area (Å²) in [7, 11) is -3.20. The maximum atomic E-state index is 11.5. The molecule has 1 fully saturated rings. The van der Waals surface area contributed by atoms with Gasteiger partial charge >= 0.3 is 0 Å². The molecule has 1 aromatic rings. The standard InChI is InChI=1S/C15H25N3O2S/c1-21(19,20)13-6-7-15(14(16)12-13)17-8-11-18-9-4-2-3-5-10-18/h6-7,12,17H,2-5,8-11,16H2,1H3. The van der Waals surface area contributed by atoms with Crippen LogP contribution in [0.25, 0.3) is 0 Å². The average molecular weight is 311 g/mol. The van der Waals surface area contributed by atoms with Gasteiger partial charge in [-0.2, -0.15) is 0 Å². The summed E-state index contributed by atoms with van der Waals surface area (Å²) in [4.78, 5) is 2.74. The molecule has 2 rings (SSSR count). The van der Waals surface area contributed by atoms with Crippen molar-refractivity contribution in [2.24, 2.45) is 0 Å². The van der Waals surface area contributed by atoms with Crippen LogP contribution in [0.15, 0.2) is 23.1 Å². The quantitative estimate of drug-likeness (QED) is 0.813. The fraction of sp³-hybridized carbons (Fsp3) is 0.600. The zero-order valence-corrected chi connectivity index (χ0v) is 13.5. The summed E-state index contributed by atoms with van der Waals surface area (Å²) in [6.45, 7) is 4.16. The molecule has 1 saturated heterocycles. The fourth-order valence-corrected chi connectivity index (χ4v) is 3.30. The molecule has 0 unspecified atom stereocenters. The van der Waals surface area contributed by atoms with Crippen molar-refractivity contribution in [2.75, 3.05) is 43.5 Å². The Hall–Kier alpha value is -1.27. The molecule has 1 aliphatic heterocycles. The van der Waals surface area contributed by atoms with E-state index in [0.717, 1.165) is 18.8 Å². The topological polar surface area (TPSA) is 75.4 Å². The molecule has 5 nitrogen and oxygen atoms in total. The second kappa shape index (κ2) is 7.13. The monoisotopic (exact) mass is 311 g/mol. The predicted molar refractivity (Wildman–Crippen MR) is 87.4 cm³/mol. The van der Waals surface area contributed by atoms with Crippen LogP contribution in [-0.4, -0.2) is 45.8 Å². The second-order valence-electron chi connectivity index (χ2n) is 5.70. The van der Waals surface area contributed by atoms with E-state index in [1.54, 1.807) is 12.1 Å². The molecule has 6 heteroatoms. The van der Waals surface area contributed by atoms with E-state index in [9.17, 15) is 8.42 Å². The van der Waals surface area contributed by atoms with E-state index in [4.69, 9.17) is 5.73 Å². The summed E-state index contributed by atoms with van der Waals surface area (Å²) in [5.41, 5.74) is 7.21. The molecule has 0 atom stereocenters. The molecule has 0 radical (unpaired) electrons. The normalized spacial score (nSPS) is 17.4. The van der Waals surface area contributed by atoms with E-state index < -0.39 is 9.84 Å². The SMILES string of the molecule is CS(=O)(=O)c1ccc(NCCN2CCCCCC2)c(N)c1. The molecule has 118 valence electrons. The molecule has 0 aliphatic carbocycles. The van der Waals surface area contributed by atoms with Gasteiger partial charge in [-0.15, -0.1) is 0 Å². The fourth-order valence-electron chi connectivity index (χ4n) is 2.64. The number of nitrogen functional groups attached to an aromatic ring is 1. The van der Waals surface area contributed by atoms with Crippen molar-refractivity contribution in [2.45, 2.75) is 30.6 Å². The van der Waals surface area contributed by atoms with E-state index in [2.05, 4.69) is 10.2 Å². The van der Waals surface area contributed by atoms with E-state index in [0.29, 0.717) is 5.69 Å². The highest BCUT2D eigenvalue weighted by atomic mass is 32.2. The maximum absolute atomic E-state index is 11.5. The molecule has 0 aromatic heterocycles. The van der Waals surface area contributed by atoms with Crippen LogP contribution in [0.5, 0.6) is 0 Å². The lowest BCUT2D eigenvalue weighted by Gasteiger charge is -2.20. The Morgan fingerprint density at radius 3 is 2.43 bits per heavy atom. The lowest BCUT2D eigenvalue weighted by atomic mass is 10.2. The van der Waals surface area contributed by atoms with Gasteiger partial charge in [0.05, 0.1) is 16.3 Å². The Kier molecular flexibility index (Phi) is 5.47. The first-order valence-electron chi connectivity index (χ1n) is 7.52. The van der Waals surface area contributed by atoms with Gasteiger partial charge in [0.2, 0.25) is 0 Å². The lowest BCUT2D eigenvalue weighted by molar-refractivity contribution is 0.296. The van der Waals surface area contributed by atoms with E-state index in [-0.39, 0.29) is 4.90 Å². The van der Waals surface area contributed by atoms with Crippen LogP contribution in [0.4, 0.5) is 11.4 Å². The summed E-state index contributed by atoms with van der Waals surface area (Å²) in [5.74, 6) is 0. The number of rotatable bonds is 5. The molecule has 3 N–H and O–H groups in total. The van der Waals surface area contributed by atoms with Crippen LogP contribution >= 0.6 is 0 Å². The minimum absolute atomic E-state index is 0.262. The smallest absolute Gasteiger partial charge is 0.175 e. The molecular formula is C15H25N3O2S. The zero-order valence-electron chi connectivity index (χ0n) is 12.6. The van der Waals surface area contributed by atoms with Gasteiger partial charge < -0.3 is 16.0 Å². The molecule has 1 aliphatic rings. The molecule has 0 bridgehead atoms. The molecule has 21 heavy (non-hydrogen) atoms. The van der Waals surface area contributed by atoms with Crippen LogP contribution in [0, 0.1) is 0 Å². The minimum Gasteiger partial charge on any atom is -0.397 e. The number of hydrogen-bond donors (Lipinski definition) is 2. The first-order chi connectivity index (χ1) is 9.97. The number of benzene rings is 1. The number of anilines is 2. The van der Waals surface area contributed by atoms with Crippen molar-refractivity contribution >= 4 is 21.2 Å². The van der Waals surface area contributed by atoms with Crippen LogP contribution in [0.2, 0.25) is 0 Å². The molecular weight excluding hydrogens is 286 g/mol. The zero-order chi connectivity index (χ0) is 15.3. The number of likely N-dealkylation sites (tertiary alicyclic amines) is 1. The predicted octanol–water partition coefficient (Wildman–Crippen LogP) is 1.96. The molecule has 1 heterocycles. The van der Waals surface area contributed by atoms with Gasteiger partial charge in [0.25, 0.3) is 0 Å². The van der Waals surface area contributed by atoms with Crippen LogP contribution < -0.4 is 11.1 Å². The first kappa shape index (κ1) is 16.1. The third-order valence-corrected chi connectivity index (χ3v) is 5.00. The molecule has 0 saturated carbocycles. The van der Waals surface area contributed by atoms with E-state index in [1.807, 2.05) is 0 Å². The summed E-state index contributed by atoms with van der Waals surface area (Å²) in [6.07, 6.45) is 6.43. The molecule has 0 spiro atoms. The molecule has 0 amide bonds. The van der Waals surface area contributed by atoms with Gasteiger partial charge in [-0.25, -0.2) is 8.42 Å². The van der Waals surface area contributed by atoms with Crippen molar-refractivity contribution < 1.29 is 8.42 Å². The summed E-state index contributed by atoms with van der Waals surface area (Å²) in [6, 6.07) is 4.86. The highest BCUT2D eigenvalue weighted by molar-refractivity contribution is 7.90. The van der Waals surface area contributed by atoms with E-state index >= 15 is 0 Å². The Morgan fingerprint density at radius 1 is 1.19 bits per heavy atom. The first-order valence-corrected chi connectivity index (χ1v) is 9.42. The Balaban J connectivity index is 1.88. The van der Waals surface area contributed by atoms with Gasteiger partial charge in [-0.3, -0.25) is 0 Å². The van der Waals surface area contributed by atoms with Crippen molar-refractivity contribution in [3.05, 3.63) is 18.2 Å². The highest BCUT2D eigenvalue weighted by Gasteiger charge is 2.11. The van der Waals surface area contributed by atoms with E-state index in [1.165, 1.54) is 51.1 Å². The summed E-state index contributed by atoms with van der Waals surface area (Å²) in [5, 5.41) is 3.30. The minimum atomic E-state index is -3.20. The van der Waals surface area contributed by atoms with Crippen molar-refractivity contribution in [3.63, 3.8) is 0 Å². The van der Waals surface area contributed by atoms with Crippen molar-refractivity contribution in [3.8, 4) is 0 Å². The number of hydrogen-bond acceptors (Lipinski definition) is 5. The number of sulfone groups is 1. The summed E-state index contributed by atoms with van der Waals surface area (Å²) < 4.78 is 22.9. The Morgan fingerprint density at radius 2 is 1.86 bits per heavy atom. The highest BCUT2D eigenvalue weighted by Crippen LogP contribution is 2.22. The van der Waals surface area contributed by atoms with Gasteiger partial charge in [0, 0.05) is 19.3 Å². The Bertz CT molecular complexity index is 564. The third-order valence-electron chi connectivity index (χ3n) is 3.89. The van der Waals surface area contributed by atoms with Crippen molar-refractivity contribution in [1.82, 2.24) is 4.90 Å². The number of nitrogens with one attached hydrogen (secondary N) is 1. The van der Waals surface area contributed by atoms with Gasteiger partial charge in [-0.05, 0) is 44.1 Å². The largest absolute Gasteiger partial charge is 0.397 e. The van der Waals surface area contributed by atoms with Crippen molar-refractivity contribution in [1.29, 1.82) is 0 Å². The third kappa shape index (κ3) is 4.89. The van der Waals surface area contributed by atoms with Gasteiger partial charge in [0.15, 0.2) is 9.84 Å². The van der Waals surface area contributed by atoms with Crippen LogP contribution in [0.1, 0.15) is 25.7 Å². The number of nitrogens with zero attached hydrogens (tertiary/aromatic N) is 1. The molecule has 1 aromatic carbocycles. The van der Waals surface area contributed by atoms with Crippen LogP contribution in [-0.2, 0) is 9.84 Å². The lowest BCUT2D eigenvalue weighted by Crippen LogP contribution is -2.30. The second-order valence-corrected chi connectivity index (χ2v) is 7.72. The van der Waals surface area contributed by atoms with Gasteiger partial charge in [-0.1, -0.05) is 12.8 Å². The van der Waals surface area contributed by atoms with Crippen LogP contribution in [0.3, 0.4) is 0 Å². The Labute approximate surface area is 127 Å². The maximum Gasteiger partial charge on any atom is 0.175 e. The summed E-state index contributed by atoms with van der Waals surface area (Å²) >= 11 is 0.